The highest BCUT2D eigenvalue weighted by Gasteiger charge is 2.41. The Labute approximate surface area is 93.8 Å². The smallest absolute Gasteiger partial charge is 0.303 e. The molecule has 16 heavy (non-hydrogen) atoms. The van der Waals surface area contributed by atoms with E-state index in [1.807, 2.05) is 4.90 Å². The fraction of sp³-hybridized carbons (Fsp3) is 0.909. The largest absolute Gasteiger partial charge is 0.391 e. The first-order valence-corrected chi connectivity index (χ1v) is 5.50. The summed E-state index contributed by atoms with van der Waals surface area (Å²) in [5.74, 6) is -1.16. The molecular formula is C11H18F3NO. The Morgan fingerprint density at radius 2 is 1.75 bits per heavy atom. The van der Waals surface area contributed by atoms with Crippen molar-refractivity contribution in [2.45, 2.75) is 32.9 Å². The summed E-state index contributed by atoms with van der Waals surface area (Å²) in [6, 6.07) is 0. The van der Waals surface area contributed by atoms with Crippen LogP contribution in [0.5, 0.6) is 0 Å². The van der Waals surface area contributed by atoms with Crippen molar-refractivity contribution in [2.24, 2.45) is 11.3 Å². The number of aldehydes is 1. The Kier molecular flexibility index (Phi) is 3.99. The molecule has 0 spiro atoms. The van der Waals surface area contributed by atoms with Crippen LogP contribution in [0.3, 0.4) is 0 Å². The first kappa shape index (κ1) is 13.5. The molecule has 0 bridgehead atoms. The van der Waals surface area contributed by atoms with E-state index < -0.39 is 17.5 Å². The highest BCUT2D eigenvalue weighted by Crippen LogP contribution is 2.34. The molecule has 1 heterocycles. The van der Waals surface area contributed by atoms with Crippen LogP contribution in [0.25, 0.3) is 0 Å². The van der Waals surface area contributed by atoms with E-state index >= 15 is 0 Å². The van der Waals surface area contributed by atoms with Crippen molar-refractivity contribution in [3.05, 3.63) is 0 Å². The molecule has 2 nitrogen and oxygen atoms in total. The average molecular weight is 237 g/mol. The van der Waals surface area contributed by atoms with Gasteiger partial charge in [-0.15, -0.1) is 0 Å². The summed E-state index contributed by atoms with van der Waals surface area (Å²) < 4.78 is 37.2. The molecule has 0 amide bonds. The summed E-state index contributed by atoms with van der Waals surface area (Å²) in [5, 5.41) is 0. The average Bonchev–Trinajstić information content (AvgIpc) is 2.16. The van der Waals surface area contributed by atoms with Gasteiger partial charge in [0.1, 0.15) is 6.29 Å². The van der Waals surface area contributed by atoms with Gasteiger partial charge in [0.15, 0.2) is 0 Å². The summed E-state index contributed by atoms with van der Waals surface area (Å²) in [6.45, 7) is 5.01. The Bertz CT molecular complexity index is 242. The van der Waals surface area contributed by atoms with Crippen molar-refractivity contribution in [3.8, 4) is 0 Å². The molecule has 1 aliphatic heterocycles. The van der Waals surface area contributed by atoms with Crippen LogP contribution in [-0.2, 0) is 4.79 Å². The molecule has 0 radical (unpaired) electrons. The maximum Gasteiger partial charge on any atom is 0.391 e. The molecule has 1 saturated heterocycles. The van der Waals surface area contributed by atoms with Gasteiger partial charge in [0.05, 0.1) is 5.92 Å². The highest BCUT2D eigenvalue weighted by atomic mass is 19.4. The van der Waals surface area contributed by atoms with Gasteiger partial charge in [-0.2, -0.15) is 13.2 Å². The number of halogens is 3. The van der Waals surface area contributed by atoms with Crippen molar-refractivity contribution >= 4 is 6.29 Å². The predicted molar refractivity (Wildman–Crippen MR) is 55.1 cm³/mol. The third-order valence-corrected chi connectivity index (χ3v) is 3.00. The lowest BCUT2D eigenvalue weighted by Gasteiger charge is -2.35. The Hall–Kier alpha value is -0.580. The molecule has 0 unspecified atom stereocenters. The van der Waals surface area contributed by atoms with E-state index in [1.165, 1.54) is 0 Å². The zero-order chi connectivity index (χ0) is 12.4. The Balaban J connectivity index is 2.41. The van der Waals surface area contributed by atoms with Gasteiger partial charge in [0.2, 0.25) is 0 Å². The van der Waals surface area contributed by atoms with Crippen LogP contribution in [0.4, 0.5) is 13.2 Å². The summed E-state index contributed by atoms with van der Waals surface area (Å²) >= 11 is 0. The second-order valence-corrected chi connectivity index (χ2v) is 5.20. The number of carbonyl (C=O) groups is 1. The fourth-order valence-corrected chi connectivity index (χ4v) is 2.03. The van der Waals surface area contributed by atoms with Gasteiger partial charge in [-0.1, -0.05) is 13.8 Å². The summed E-state index contributed by atoms with van der Waals surface area (Å²) in [5.41, 5.74) is -0.467. The molecule has 94 valence electrons. The molecule has 0 aromatic rings. The first-order valence-electron chi connectivity index (χ1n) is 5.50. The Morgan fingerprint density at radius 1 is 1.25 bits per heavy atom. The van der Waals surface area contributed by atoms with E-state index in [2.05, 4.69) is 0 Å². The van der Waals surface area contributed by atoms with Crippen molar-refractivity contribution in [1.29, 1.82) is 0 Å². The molecule has 5 heteroatoms. The Morgan fingerprint density at radius 3 is 2.12 bits per heavy atom. The summed E-state index contributed by atoms with van der Waals surface area (Å²) in [6.07, 6.45) is -2.90. The van der Waals surface area contributed by atoms with Crippen LogP contribution < -0.4 is 0 Å². The predicted octanol–water partition coefficient (Wildman–Crippen LogP) is 2.49. The first-order chi connectivity index (χ1) is 7.24. The van der Waals surface area contributed by atoms with Crippen LogP contribution in [0, 0.1) is 11.3 Å². The zero-order valence-electron chi connectivity index (χ0n) is 9.68. The van der Waals surface area contributed by atoms with Gasteiger partial charge in [-0.05, 0) is 25.9 Å². The number of hydrogen-bond donors (Lipinski definition) is 0. The minimum atomic E-state index is -4.06. The molecular weight excluding hydrogens is 219 g/mol. The van der Waals surface area contributed by atoms with Gasteiger partial charge in [-0.25, -0.2) is 0 Å². The molecule has 1 aliphatic rings. The fourth-order valence-electron chi connectivity index (χ4n) is 2.03. The van der Waals surface area contributed by atoms with Crippen molar-refractivity contribution in [2.75, 3.05) is 19.6 Å². The molecule has 0 aromatic carbocycles. The lowest BCUT2D eigenvalue weighted by atomic mass is 9.91. The van der Waals surface area contributed by atoms with Crippen molar-refractivity contribution in [1.82, 2.24) is 4.90 Å². The lowest BCUT2D eigenvalue weighted by molar-refractivity contribution is -0.185. The third-order valence-electron chi connectivity index (χ3n) is 3.00. The third kappa shape index (κ3) is 3.77. The molecule has 0 N–H and O–H groups in total. The SMILES string of the molecule is CC(C)(C=O)CN1CCC(C(F)(F)F)CC1. The van der Waals surface area contributed by atoms with Crippen LogP contribution >= 0.6 is 0 Å². The minimum absolute atomic E-state index is 0.151. The topological polar surface area (TPSA) is 20.3 Å². The van der Waals surface area contributed by atoms with Gasteiger partial charge in [-0.3, -0.25) is 0 Å². The van der Waals surface area contributed by atoms with E-state index in [1.54, 1.807) is 13.8 Å². The van der Waals surface area contributed by atoms with Crippen LogP contribution in [0.15, 0.2) is 0 Å². The molecule has 0 aromatic heterocycles. The van der Waals surface area contributed by atoms with Gasteiger partial charge >= 0.3 is 6.18 Å². The van der Waals surface area contributed by atoms with Crippen LogP contribution in [-0.4, -0.2) is 37.0 Å². The van der Waals surface area contributed by atoms with Crippen LogP contribution in [0.1, 0.15) is 26.7 Å². The number of piperidine rings is 1. The molecule has 1 fully saturated rings. The lowest BCUT2D eigenvalue weighted by Crippen LogP contribution is -2.43. The van der Waals surface area contributed by atoms with E-state index in [-0.39, 0.29) is 12.8 Å². The number of hydrogen-bond acceptors (Lipinski definition) is 2. The standard InChI is InChI=1S/C11H18F3NO/c1-10(2,8-16)7-15-5-3-9(4-6-15)11(12,13)14/h8-9H,3-7H2,1-2H3. The highest BCUT2D eigenvalue weighted by molar-refractivity contribution is 5.58. The number of carbonyl (C=O) groups excluding carboxylic acids is 1. The molecule has 0 saturated carbocycles. The second kappa shape index (κ2) is 4.73. The number of nitrogens with zero attached hydrogens (tertiary/aromatic N) is 1. The van der Waals surface area contributed by atoms with E-state index in [9.17, 15) is 18.0 Å². The zero-order valence-corrected chi connectivity index (χ0v) is 9.68. The molecule has 0 atom stereocenters. The number of rotatable bonds is 3. The monoisotopic (exact) mass is 237 g/mol. The van der Waals surface area contributed by atoms with Gasteiger partial charge in [0.25, 0.3) is 0 Å². The van der Waals surface area contributed by atoms with Crippen molar-refractivity contribution in [3.63, 3.8) is 0 Å². The number of likely N-dealkylation sites (tertiary alicyclic amines) is 1. The molecule has 1 rings (SSSR count). The maximum absolute atomic E-state index is 12.4. The summed E-state index contributed by atoms with van der Waals surface area (Å²) in [7, 11) is 0. The van der Waals surface area contributed by atoms with E-state index in [4.69, 9.17) is 0 Å². The van der Waals surface area contributed by atoms with Crippen molar-refractivity contribution < 1.29 is 18.0 Å². The second-order valence-electron chi connectivity index (χ2n) is 5.20. The van der Waals surface area contributed by atoms with E-state index in [0.29, 0.717) is 19.6 Å². The van der Waals surface area contributed by atoms with Crippen LogP contribution in [0.2, 0.25) is 0 Å². The van der Waals surface area contributed by atoms with E-state index in [0.717, 1.165) is 6.29 Å². The number of alkyl halides is 3. The normalized spacial score (nSPS) is 21.1. The minimum Gasteiger partial charge on any atom is -0.303 e. The quantitative estimate of drug-likeness (QED) is 0.703. The van der Waals surface area contributed by atoms with Gasteiger partial charge < -0.3 is 9.69 Å². The molecule has 0 aliphatic carbocycles. The maximum atomic E-state index is 12.4. The van der Waals surface area contributed by atoms with Gasteiger partial charge in [0, 0.05) is 12.0 Å². The summed E-state index contributed by atoms with van der Waals surface area (Å²) in [4.78, 5) is 12.7.